The zero-order valence-corrected chi connectivity index (χ0v) is 9.91. The molecule has 1 aromatic carbocycles. The number of carbonyl (C=O) groups is 1. The van der Waals surface area contributed by atoms with Crippen molar-refractivity contribution in [2.75, 3.05) is 6.61 Å². The van der Waals surface area contributed by atoms with Gasteiger partial charge >= 0.3 is 0 Å². The molecule has 1 aromatic rings. The first-order chi connectivity index (χ1) is 7.31. The summed E-state index contributed by atoms with van der Waals surface area (Å²) in [5, 5.41) is 0. The van der Waals surface area contributed by atoms with Gasteiger partial charge < -0.3 is 16.2 Å². The van der Waals surface area contributed by atoms with Crippen LogP contribution in [0.25, 0.3) is 0 Å². The highest BCUT2D eigenvalue weighted by molar-refractivity contribution is 5.84. The van der Waals surface area contributed by atoms with E-state index >= 15 is 0 Å². The minimum Gasteiger partial charge on any atom is -0.491 e. The standard InChI is InChI=1S/C12H18N2O2/c1-8-4-9(2)6-10(5-8)16-7-12(3,14)11(13)15/h4-6H,7,14H2,1-3H3,(H2,13,15). The van der Waals surface area contributed by atoms with Crippen LogP contribution in [0, 0.1) is 13.8 Å². The van der Waals surface area contributed by atoms with Crippen molar-refractivity contribution in [3.8, 4) is 5.75 Å². The number of primary amides is 1. The van der Waals surface area contributed by atoms with Crippen LogP contribution in [0.5, 0.6) is 5.75 Å². The van der Waals surface area contributed by atoms with Gasteiger partial charge in [0, 0.05) is 0 Å². The van der Waals surface area contributed by atoms with E-state index in [1.165, 1.54) is 0 Å². The summed E-state index contributed by atoms with van der Waals surface area (Å²) in [6, 6.07) is 5.83. The summed E-state index contributed by atoms with van der Waals surface area (Å²) in [7, 11) is 0. The molecule has 0 spiro atoms. The Morgan fingerprint density at radius 3 is 2.25 bits per heavy atom. The van der Waals surface area contributed by atoms with Gasteiger partial charge in [-0.05, 0) is 44.0 Å². The van der Waals surface area contributed by atoms with E-state index in [1.807, 2.05) is 32.0 Å². The molecule has 0 radical (unpaired) electrons. The normalized spacial score (nSPS) is 14.2. The van der Waals surface area contributed by atoms with Crippen LogP contribution >= 0.6 is 0 Å². The first-order valence-corrected chi connectivity index (χ1v) is 5.11. The minimum absolute atomic E-state index is 0.0746. The summed E-state index contributed by atoms with van der Waals surface area (Å²) >= 11 is 0. The molecule has 0 aliphatic carbocycles. The second-order valence-corrected chi connectivity index (χ2v) is 4.39. The van der Waals surface area contributed by atoms with E-state index in [9.17, 15) is 4.79 Å². The van der Waals surface area contributed by atoms with E-state index in [2.05, 4.69) is 0 Å². The largest absolute Gasteiger partial charge is 0.491 e. The van der Waals surface area contributed by atoms with Crippen molar-refractivity contribution in [2.24, 2.45) is 11.5 Å². The van der Waals surface area contributed by atoms with Gasteiger partial charge in [0.05, 0.1) is 0 Å². The van der Waals surface area contributed by atoms with Gasteiger partial charge in [-0.3, -0.25) is 4.79 Å². The molecule has 1 rings (SSSR count). The second-order valence-electron chi connectivity index (χ2n) is 4.39. The molecule has 0 aliphatic heterocycles. The zero-order chi connectivity index (χ0) is 12.3. The molecular weight excluding hydrogens is 204 g/mol. The third-order valence-electron chi connectivity index (χ3n) is 2.30. The smallest absolute Gasteiger partial charge is 0.240 e. The molecule has 0 saturated carbocycles. The van der Waals surface area contributed by atoms with Crippen molar-refractivity contribution in [3.63, 3.8) is 0 Å². The average molecular weight is 222 g/mol. The first-order valence-electron chi connectivity index (χ1n) is 5.11. The summed E-state index contributed by atoms with van der Waals surface area (Å²) in [6.07, 6.45) is 0. The van der Waals surface area contributed by atoms with Gasteiger partial charge in [0.1, 0.15) is 17.9 Å². The fourth-order valence-corrected chi connectivity index (χ4v) is 1.32. The van der Waals surface area contributed by atoms with Crippen LogP contribution in [0.15, 0.2) is 18.2 Å². The second kappa shape index (κ2) is 4.53. The third-order valence-corrected chi connectivity index (χ3v) is 2.30. The fraction of sp³-hybridized carbons (Fsp3) is 0.417. The van der Waals surface area contributed by atoms with E-state index < -0.39 is 11.4 Å². The molecule has 0 fully saturated rings. The molecule has 0 saturated heterocycles. The Bertz CT molecular complexity index is 380. The van der Waals surface area contributed by atoms with Crippen molar-refractivity contribution in [1.29, 1.82) is 0 Å². The molecule has 0 heterocycles. The molecule has 1 unspecified atom stereocenters. The van der Waals surface area contributed by atoms with Gasteiger partial charge in [0.15, 0.2) is 0 Å². The van der Waals surface area contributed by atoms with Crippen molar-refractivity contribution < 1.29 is 9.53 Å². The van der Waals surface area contributed by atoms with Crippen LogP contribution in [0.1, 0.15) is 18.1 Å². The molecule has 0 aromatic heterocycles. The lowest BCUT2D eigenvalue weighted by Crippen LogP contribution is -2.53. The quantitative estimate of drug-likeness (QED) is 0.794. The number of ether oxygens (including phenoxy) is 1. The van der Waals surface area contributed by atoms with Gasteiger partial charge in [0.2, 0.25) is 5.91 Å². The Morgan fingerprint density at radius 2 is 1.81 bits per heavy atom. The lowest BCUT2D eigenvalue weighted by atomic mass is 10.1. The van der Waals surface area contributed by atoms with Gasteiger partial charge in [-0.1, -0.05) is 6.07 Å². The predicted octanol–water partition coefficient (Wildman–Crippen LogP) is 0.885. The lowest BCUT2D eigenvalue weighted by Gasteiger charge is -2.21. The first kappa shape index (κ1) is 12.5. The van der Waals surface area contributed by atoms with Crippen molar-refractivity contribution in [1.82, 2.24) is 0 Å². The Labute approximate surface area is 95.6 Å². The van der Waals surface area contributed by atoms with Crippen LogP contribution in [0.3, 0.4) is 0 Å². The molecule has 16 heavy (non-hydrogen) atoms. The number of nitrogens with two attached hydrogens (primary N) is 2. The summed E-state index contributed by atoms with van der Waals surface area (Å²) in [5.41, 5.74) is 11.9. The number of hydrogen-bond acceptors (Lipinski definition) is 3. The summed E-state index contributed by atoms with van der Waals surface area (Å²) in [4.78, 5) is 11.0. The van der Waals surface area contributed by atoms with Gasteiger partial charge in [-0.15, -0.1) is 0 Å². The summed E-state index contributed by atoms with van der Waals surface area (Å²) in [5.74, 6) is 0.132. The van der Waals surface area contributed by atoms with Crippen LogP contribution in [-0.2, 0) is 4.79 Å². The lowest BCUT2D eigenvalue weighted by molar-refractivity contribution is -0.123. The van der Waals surface area contributed by atoms with Crippen LogP contribution in [0.2, 0.25) is 0 Å². The molecule has 0 bridgehead atoms. The molecule has 4 heteroatoms. The Balaban J connectivity index is 2.71. The number of benzene rings is 1. The maximum absolute atomic E-state index is 11.0. The maximum atomic E-state index is 11.0. The summed E-state index contributed by atoms with van der Waals surface area (Å²) < 4.78 is 5.47. The Hall–Kier alpha value is -1.55. The van der Waals surface area contributed by atoms with Crippen LogP contribution < -0.4 is 16.2 Å². The number of hydrogen-bond donors (Lipinski definition) is 2. The van der Waals surface area contributed by atoms with E-state index in [4.69, 9.17) is 16.2 Å². The highest BCUT2D eigenvalue weighted by Gasteiger charge is 2.26. The molecule has 0 aliphatic rings. The number of amides is 1. The minimum atomic E-state index is -1.14. The van der Waals surface area contributed by atoms with E-state index in [-0.39, 0.29) is 6.61 Å². The van der Waals surface area contributed by atoms with Crippen LogP contribution in [-0.4, -0.2) is 18.1 Å². The Morgan fingerprint density at radius 1 is 1.31 bits per heavy atom. The SMILES string of the molecule is Cc1cc(C)cc(OCC(C)(N)C(N)=O)c1. The molecular formula is C12H18N2O2. The molecule has 1 amide bonds. The average Bonchev–Trinajstić information content (AvgIpc) is 2.13. The fourth-order valence-electron chi connectivity index (χ4n) is 1.32. The molecule has 1 atom stereocenters. The number of carbonyl (C=O) groups excluding carboxylic acids is 1. The van der Waals surface area contributed by atoms with Crippen molar-refractivity contribution in [3.05, 3.63) is 29.3 Å². The van der Waals surface area contributed by atoms with E-state index in [0.29, 0.717) is 5.75 Å². The topological polar surface area (TPSA) is 78.3 Å². The van der Waals surface area contributed by atoms with E-state index in [1.54, 1.807) is 6.92 Å². The Kier molecular flexibility index (Phi) is 3.55. The van der Waals surface area contributed by atoms with E-state index in [0.717, 1.165) is 11.1 Å². The van der Waals surface area contributed by atoms with Crippen molar-refractivity contribution >= 4 is 5.91 Å². The predicted molar refractivity (Wildman–Crippen MR) is 63.2 cm³/mol. The molecule has 4 nitrogen and oxygen atoms in total. The maximum Gasteiger partial charge on any atom is 0.240 e. The monoisotopic (exact) mass is 222 g/mol. The van der Waals surface area contributed by atoms with Gasteiger partial charge in [-0.2, -0.15) is 0 Å². The van der Waals surface area contributed by atoms with Gasteiger partial charge in [-0.25, -0.2) is 0 Å². The van der Waals surface area contributed by atoms with Gasteiger partial charge in [0.25, 0.3) is 0 Å². The zero-order valence-electron chi connectivity index (χ0n) is 9.91. The summed E-state index contributed by atoms with van der Waals surface area (Å²) in [6.45, 7) is 5.59. The number of aryl methyl sites for hydroxylation is 2. The highest BCUT2D eigenvalue weighted by atomic mass is 16.5. The highest BCUT2D eigenvalue weighted by Crippen LogP contribution is 2.17. The molecule has 88 valence electrons. The molecule has 4 N–H and O–H groups in total. The third kappa shape index (κ3) is 3.24. The number of rotatable bonds is 4. The van der Waals surface area contributed by atoms with Crippen LogP contribution in [0.4, 0.5) is 0 Å². The van der Waals surface area contributed by atoms with Crippen molar-refractivity contribution in [2.45, 2.75) is 26.3 Å².